The molecule has 0 aromatic rings. The van der Waals surface area contributed by atoms with E-state index in [1.165, 1.54) is 4.90 Å². The Labute approximate surface area is 106 Å². The lowest BCUT2D eigenvalue weighted by Crippen LogP contribution is -2.44. The maximum atomic E-state index is 11.7. The van der Waals surface area contributed by atoms with Crippen molar-refractivity contribution in [1.82, 2.24) is 10.2 Å². The Hall–Kier alpha value is -1.85. The molecule has 0 saturated carbocycles. The summed E-state index contributed by atoms with van der Waals surface area (Å²) in [5, 5.41) is 2.54. The van der Waals surface area contributed by atoms with Crippen molar-refractivity contribution >= 4 is 17.9 Å². The van der Waals surface area contributed by atoms with Crippen molar-refractivity contribution in [3.05, 3.63) is 12.7 Å². The molecule has 1 heterocycles. The fourth-order valence-electron chi connectivity index (χ4n) is 1.66. The first-order valence-electron chi connectivity index (χ1n) is 6.02. The molecule has 0 unspecified atom stereocenters. The minimum atomic E-state index is -0.532. The molecule has 3 amide bonds. The third-order valence-electron chi connectivity index (χ3n) is 2.61. The van der Waals surface area contributed by atoms with Crippen LogP contribution in [0.15, 0.2) is 12.7 Å². The average molecular weight is 254 g/mol. The molecule has 0 radical (unpaired) electrons. The number of carbonyl (C=O) groups is 3. The van der Waals surface area contributed by atoms with E-state index in [4.69, 9.17) is 4.74 Å². The molecule has 1 rings (SSSR count). The van der Waals surface area contributed by atoms with Gasteiger partial charge in [-0.25, -0.2) is 9.59 Å². The number of nitrogens with zero attached hydrogens (tertiary/aromatic N) is 1. The lowest BCUT2D eigenvalue weighted by atomic mass is 10.2. The minimum absolute atomic E-state index is 0.0681. The van der Waals surface area contributed by atoms with E-state index in [1.807, 2.05) is 0 Å². The number of imide groups is 1. The summed E-state index contributed by atoms with van der Waals surface area (Å²) in [4.78, 5) is 35.3. The Morgan fingerprint density at radius 3 is 2.89 bits per heavy atom. The molecule has 18 heavy (non-hydrogen) atoms. The van der Waals surface area contributed by atoms with Gasteiger partial charge in [-0.3, -0.25) is 9.69 Å². The van der Waals surface area contributed by atoms with Gasteiger partial charge in [-0.2, -0.15) is 0 Å². The van der Waals surface area contributed by atoms with Crippen molar-refractivity contribution in [2.24, 2.45) is 0 Å². The predicted molar refractivity (Wildman–Crippen MR) is 64.7 cm³/mol. The second-order valence-corrected chi connectivity index (χ2v) is 3.96. The number of esters is 1. The van der Waals surface area contributed by atoms with Crippen LogP contribution in [0, 0.1) is 0 Å². The van der Waals surface area contributed by atoms with Gasteiger partial charge >= 0.3 is 12.0 Å². The van der Waals surface area contributed by atoms with Gasteiger partial charge in [-0.1, -0.05) is 13.0 Å². The Morgan fingerprint density at radius 1 is 1.39 bits per heavy atom. The van der Waals surface area contributed by atoms with Gasteiger partial charge in [0.2, 0.25) is 5.91 Å². The number of amides is 3. The van der Waals surface area contributed by atoms with Gasteiger partial charge in [0.15, 0.2) is 0 Å². The zero-order valence-electron chi connectivity index (χ0n) is 10.3. The Balaban J connectivity index is 2.28. The normalized spacial score (nSPS) is 15.8. The molecule has 0 atom stereocenters. The molecule has 0 aromatic carbocycles. The number of likely N-dealkylation sites (tertiary alicyclic amines) is 1. The number of carbonyl (C=O) groups excluding carboxylic acids is 3. The van der Waals surface area contributed by atoms with Gasteiger partial charge < -0.3 is 10.1 Å². The maximum Gasteiger partial charge on any atom is 0.330 e. The quantitative estimate of drug-likeness (QED) is 0.458. The van der Waals surface area contributed by atoms with Crippen LogP contribution < -0.4 is 5.32 Å². The summed E-state index contributed by atoms with van der Waals surface area (Å²) in [5.74, 6) is -0.678. The maximum absolute atomic E-state index is 11.7. The number of rotatable bonds is 4. The smallest absolute Gasteiger partial charge is 0.330 e. The molecule has 1 saturated heterocycles. The van der Waals surface area contributed by atoms with Crippen molar-refractivity contribution in [2.45, 2.75) is 25.7 Å². The van der Waals surface area contributed by atoms with Gasteiger partial charge in [-0.15, -0.1) is 0 Å². The van der Waals surface area contributed by atoms with Crippen LogP contribution in [-0.4, -0.2) is 42.5 Å². The number of hydrogen-bond acceptors (Lipinski definition) is 4. The summed E-state index contributed by atoms with van der Waals surface area (Å²) in [6.45, 7) is 3.96. The van der Waals surface area contributed by atoms with E-state index in [2.05, 4.69) is 11.9 Å². The molecule has 1 aliphatic heterocycles. The Kier molecular flexibility index (Phi) is 5.90. The van der Waals surface area contributed by atoms with Gasteiger partial charge in [0.1, 0.15) is 6.61 Å². The van der Waals surface area contributed by atoms with Crippen LogP contribution in [0.1, 0.15) is 25.7 Å². The third-order valence-corrected chi connectivity index (χ3v) is 2.61. The molecule has 0 aliphatic carbocycles. The topological polar surface area (TPSA) is 75.7 Å². The molecule has 1 N–H and O–H groups in total. The minimum Gasteiger partial charge on any atom is -0.461 e. The van der Waals surface area contributed by atoms with Crippen molar-refractivity contribution in [2.75, 3.05) is 19.7 Å². The van der Waals surface area contributed by atoms with Crippen LogP contribution in [0.4, 0.5) is 4.79 Å². The summed E-state index contributed by atoms with van der Waals surface area (Å²) in [6, 6.07) is -0.420. The molecular weight excluding hydrogens is 236 g/mol. The second-order valence-electron chi connectivity index (χ2n) is 3.96. The fraction of sp³-hybridized carbons (Fsp3) is 0.583. The van der Waals surface area contributed by atoms with Gasteiger partial charge in [0.05, 0.1) is 6.54 Å². The number of ether oxygens (including phenoxy) is 1. The molecule has 0 bridgehead atoms. The summed E-state index contributed by atoms with van der Waals surface area (Å²) in [6.07, 6.45) is 4.11. The highest BCUT2D eigenvalue weighted by atomic mass is 16.5. The van der Waals surface area contributed by atoms with E-state index in [0.717, 1.165) is 25.3 Å². The van der Waals surface area contributed by atoms with Gasteiger partial charge in [-0.05, 0) is 12.8 Å². The Bertz CT molecular complexity index is 341. The van der Waals surface area contributed by atoms with E-state index in [1.54, 1.807) is 0 Å². The molecule has 6 nitrogen and oxygen atoms in total. The van der Waals surface area contributed by atoms with Crippen LogP contribution in [0.25, 0.3) is 0 Å². The van der Waals surface area contributed by atoms with Gasteiger partial charge in [0, 0.05) is 19.0 Å². The molecule has 1 fully saturated rings. The SMILES string of the molecule is C=CC(=O)OCCNC(=O)N1CCCCCC1=O. The predicted octanol–water partition coefficient (Wildman–Crippen LogP) is 0.828. The Morgan fingerprint density at radius 2 is 2.17 bits per heavy atom. The number of nitrogens with one attached hydrogen (secondary N) is 1. The zero-order chi connectivity index (χ0) is 13.4. The summed E-state index contributed by atoms with van der Waals surface area (Å²) in [5.41, 5.74) is 0. The first kappa shape index (κ1) is 14.2. The molecule has 6 heteroatoms. The summed E-state index contributed by atoms with van der Waals surface area (Å²) < 4.78 is 4.71. The first-order chi connectivity index (χ1) is 8.65. The highest BCUT2D eigenvalue weighted by Gasteiger charge is 2.22. The van der Waals surface area contributed by atoms with E-state index in [0.29, 0.717) is 13.0 Å². The first-order valence-corrected chi connectivity index (χ1v) is 6.02. The van der Waals surface area contributed by atoms with E-state index in [-0.39, 0.29) is 19.1 Å². The van der Waals surface area contributed by atoms with Gasteiger partial charge in [0.25, 0.3) is 0 Å². The van der Waals surface area contributed by atoms with E-state index >= 15 is 0 Å². The van der Waals surface area contributed by atoms with Crippen molar-refractivity contribution < 1.29 is 19.1 Å². The lowest BCUT2D eigenvalue weighted by molar-refractivity contribution is -0.137. The van der Waals surface area contributed by atoms with E-state index in [9.17, 15) is 14.4 Å². The van der Waals surface area contributed by atoms with Crippen molar-refractivity contribution in [1.29, 1.82) is 0 Å². The lowest BCUT2D eigenvalue weighted by Gasteiger charge is -2.18. The van der Waals surface area contributed by atoms with Crippen LogP contribution in [0.5, 0.6) is 0 Å². The molecular formula is C12H18N2O4. The average Bonchev–Trinajstić information content (AvgIpc) is 2.58. The monoisotopic (exact) mass is 254 g/mol. The van der Waals surface area contributed by atoms with Crippen molar-refractivity contribution in [3.8, 4) is 0 Å². The highest BCUT2D eigenvalue weighted by molar-refractivity contribution is 5.94. The van der Waals surface area contributed by atoms with Crippen LogP contribution in [-0.2, 0) is 14.3 Å². The number of hydrogen-bond donors (Lipinski definition) is 1. The van der Waals surface area contributed by atoms with Crippen LogP contribution in [0.3, 0.4) is 0 Å². The fourth-order valence-corrected chi connectivity index (χ4v) is 1.66. The van der Waals surface area contributed by atoms with Crippen LogP contribution >= 0.6 is 0 Å². The second kappa shape index (κ2) is 7.47. The summed E-state index contributed by atoms with van der Waals surface area (Å²) in [7, 11) is 0. The summed E-state index contributed by atoms with van der Waals surface area (Å²) >= 11 is 0. The van der Waals surface area contributed by atoms with E-state index < -0.39 is 12.0 Å². The zero-order valence-corrected chi connectivity index (χ0v) is 10.3. The number of urea groups is 1. The molecule has 0 aromatic heterocycles. The molecule has 1 aliphatic rings. The van der Waals surface area contributed by atoms with Crippen LogP contribution in [0.2, 0.25) is 0 Å². The molecule has 100 valence electrons. The third kappa shape index (κ3) is 4.57. The molecule has 0 spiro atoms. The van der Waals surface area contributed by atoms with Crippen molar-refractivity contribution in [3.63, 3.8) is 0 Å². The largest absolute Gasteiger partial charge is 0.461 e. The highest BCUT2D eigenvalue weighted by Crippen LogP contribution is 2.10. The standard InChI is InChI=1S/C12H18N2O4/c1-2-11(16)18-9-7-13-12(17)14-8-5-3-4-6-10(14)15/h2H,1,3-9H2,(H,13,17).